The summed E-state index contributed by atoms with van der Waals surface area (Å²) in [6.45, 7) is 0. The first-order chi connectivity index (χ1) is 8.95. The summed E-state index contributed by atoms with van der Waals surface area (Å²) in [6.07, 6.45) is 2.74. The lowest BCUT2D eigenvalue weighted by molar-refractivity contribution is 0.602. The summed E-state index contributed by atoms with van der Waals surface area (Å²) in [7, 11) is -3.16. The van der Waals surface area contributed by atoms with Crippen molar-refractivity contribution in [2.45, 2.75) is 4.90 Å². The van der Waals surface area contributed by atoms with Crippen molar-refractivity contribution in [2.24, 2.45) is 5.10 Å². The number of nitrogen functional groups attached to an aromatic ring is 1. The summed E-state index contributed by atoms with van der Waals surface area (Å²) >= 11 is 1.35. The van der Waals surface area contributed by atoms with Gasteiger partial charge in [-0.3, -0.25) is 5.43 Å². The van der Waals surface area contributed by atoms with Gasteiger partial charge in [-0.1, -0.05) is 12.1 Å². The monoisotopic (exact) mass is 296 g/mol. The number of thiazole rings is 1. The average molecular weight is 296 g/mol. The molecule has 1 heterocycles. The van der Waals surface area contributed by atoms with Gasteiger partial charge in [0.2, 0.25) is 5.13 Å². The second-order valence-electron chi connectivity index (χ2n) is 3.79. The molecule has 2 rings (SSSR count). The van der Waals surface area contributed by atoms with Gasteiger partial charge in [-0.2, -0.15) is 5.10 Å². The Kier molecular flexibility index (Phi) is 3.82. The Labute approximate surface area is 114 Å². The maximum absolute atomic E-state index is 11.3. The summed E-state index contributed by atoms with van der Waals surface area (Å²) in [5.74, 6) is 0.445. The fourth-order valence-corrected chi connectivity index (χ4v) is 2.48. The quantitative estimate of drug-likeness (QED) is 0.659. The molecule has 0 amide bonds. The molecule has 6 nitrogen and oxygen atoms in total. The number of hydrogen-bond donors (Lipinski definition) is 2. The van der Waals surface area contributed by atoms with Crippen molar-refractivity contribution in [3.8, 4) is 0 Å². The van der Waals surface area contributed by atoms with Crippen molar-refractivity contribution in [1.29, 1.82) is 0 Å². The highest BCUT2D eigenvalue weighted by Gasteiger charge is 2.05. The van der Waals surface area contributed by atoms with Crippen LogP contribution in [0, 0.1) is 0 Å². The molecule has 0 fully saturated rings. The molecular formula is C11H12N4O2S2. The molecule has 3 N–H and O–H groups in total. The predicted octanol–water partition coefficient (Wildman–Crippen LogP) is 1.57. The number of rotatable bonds is 4. The smallest absolute Gasteiger partial charge is 0.205 e. The van der Waals surface area contributed by atoms with E-state index in [0.29, 0.717) is 10.9 Å². The fraction of sp³-hybridized carbons (Fsp3) is 0.0909. The minimum Gasteiger partial charge on any atom is -0.383 e. The molecular weight excluding hydrogens is 284 g/mol. The van der Waals surface area contributed by atoms with Gasteiger partial charge in [0, 0.05) is 11.6 Å². The Morgan fingerprint density at radius 2 is 2.05 bits per heavy atom. The van der Waals surface area contributed by atoms with Crippen LogP contribution in [0.4, 0.5) is 10.9 Å². The van der Waals surface area contributed by atoms with Gasteiger partial charge < -0.3 is 5.73 Å². The molecule has 0 saturated heterocycles. The molecule has 0 bridgehead atoms. The standard InChI is InChI=1S/C11H12N4O2S2/c1-19(16,17)9-4-2-8(3-5-9)6-13-15-11-14-10(12)7-18-11/h2-7H,12H2,1H3,(H,14,15). The molecule has 100 valence electrons. The highest BCUT2D eigenvalue weighted by Crippen LogP contribution is 2.16. The molecule has 1 aromatic carbocycles. The third-order valence-electron chi connectivity index (χ3n) is 2.20. The van der Waals surface area contributed by atoms with Crippen LogP contribution in [-0.4, -0.2) is 25.9 Å². The predicted molar refractivity (Wildman–Crippen MR) is 77.3 cm³/mol. The van der Waals surface area contributed by atoms with Gasteiger partial charge in [-0.05, 0) is 17.7 Å². The molecule has 0 atom stereocenters. The third kappa shape index (κ3) is 3.76. The molecule has 0 aliphatic carbocycles. The Balaban J connectivity index is 2.03. The first-order valence-corrected chi connectivity index (χ1v) is 8.02. The summed E-state index contributed by atoms with van der Waals surface area (Å²) < 4.78 is 22.6. The highest BCUT2D eigenvalue weighted by atomic mass is 32.2. The van der Waals surface area contributed by atoms with Gasteiger partial charge in [0.25, 0.3) is 0 Å². The molecule has 0 radical (unpaired) electrons. The maximum atomic E-state index is 11.3. The summed E-state index contributed by atoms with van der Waals surface area (Å²) in [5, 5.41) is 6.29. The van der Waals surface area contributed by atoms with Crippen molar-refractivity contribution in [1.82, 2.24) is 4.98 Å². The number of nitrogens with one attached hydrogen (secondary N) is 1. The van der Waals surface area contributed by atoms with Crippen LogP contribution in [0.3, 0.4) is 0 Å². The second kappa shape index (κ2) is 5.37. The van der Waals surface area contributed by atoms with E-state index in [2.05, 4.69) is 15.5 Å². The van der Waals surface area contributed by atoms with Crippen molar-refractivity contribution in [2.75, 3.05) is 17.4 Å². The Bertz CT molecular complexity index is 690. The molecule has 0 aliphatic rings. The Morgan fingerprint density at radius 1 is 1.37 bits per heavy atom. The van der Waals surface area contributed by atoms with E-state index >= 15 is 0 Å². The minimum atomic E-state index is -3.16. The Hall–Kier alpha value is -1.93. The molecule has 8 heteroatoms. The van der Waals surface area contributed by atoms with E-state index in [1.807, 2.05) is 0 Å². The normalized spacial score (nSPS) is 11.8. The van der Waals surface area contributed by atoms with Gasteiger partial charge in [0.05, 0.1) is 11.1 Å². The zero-order chi connectivity index (χ0) is 13.9. The van der Waals surface area contributed by atoms with Crippen LogP contribution >= 0.6 is 11.3 Å². The number of benzene rings is 1. The van der Waals surface area contributed by atoms with Gasteiger partial charge in [-0.25, -0.2) is 13.4 Å². The topological polar surface area (TPSA) is 97.4 Å². The van der Waals surface area contributed by atoms with E-state index in [0.717, 1.165) is 5.56 Å². The van der Waals surface area contributed by atoms with Crippen LogP contribution in [0.25, 0.3) is 0 Å². The van der Waals surface area contributed by atoms with E-state index in [4.69, 9.17) is 5.73 Å². The van der Waals surface area contributed by atoms with Crippen molar-refractivity contribution < 1.29 is 8.42 Å². The molecule has 19 heavy (non-hydrogen) atoms. The van der Waals surface area contributed by atoms with Gasteiger partial charge in [0.1, 0.15) is 5.82 Å². The first-order valence-electron chi connectivity index (χ1n) is 5.25. The maximum Gasteiger partial charge on any atom is 0.205 e. The minimum absolute atomic E-state index is 0.283. The van der Waals surface area contributed by atoms with Crippen molar-refractivity contribution in [3.05, 3.63) is 35.2 Å². The molecule has 0 spiro atoms. The third-order valence-corrected chi connectivity index (χ3v) is 4.10. The van der Waals surface area contributed by atoms with Crippen LogP contribution in [-0.2, 0) is 9.84 Å². The lowest BCUT2D eigenvalue weighted by atomic mass is 10.2. The molecule has 0 aliphatic heterocycles. The second-order valence-corrected chi connectivity index (χ2v) is 6.66. The summed E-state index contributed by atoms with van der Waals surface area (Å²) in [6, 6.07) is 6.44. The molecule has 0 saturated carbocycles. The Morgan fingerprint density at radius 3 is 2.58 bits per heavy atom. The molecule has 1 aromatic heterocycles. The number of anilines is 2. The van der Waals surface area contributed by atoms with Crippen LogP contribution in [0.5, 0.6) is 0 Å². The van der Waals surface area contributed by atoms with E-state index < -0.39 is 9.84 Å². The van der Waals surface area contributed by atoms with Gasteiger partial charge in [-0.15, -0.1) is 11.3 Å². The van der Waals surface area contributed by atoms with E-state index in [1.54, 1.807) is 23.7 Å². The van der Waals surface area contributed by atoms with Gasteiger partial charge in [0.15, 0.2) is 9.84 Å². The number of hydrogen-bond acceptors (Lipinski definition) is 7. The molecule has 2 aromatic rings. The zero-order valence-corrected chi connectivity index (χ0v) is 11.7. The van der Waals surface area contributed by atoms with Crippen LogP contribution in [0.2, 0.25) is 0 Å². The number of aromatic nitrogens is 1. The SMILES string of the molecule is CS(=O)(=O)c1ccc(C=NNc2nc(N)cs2)cc1. The van der Waals surface area contributed by atoms with Crippen LogP contribution < -0.4 is 11.2 Å². The van der Waals surface area contributed by atoms with Gasteiger partial charge >= 0.3 is 0 Å². The van der Waals surface area contributed by atoms with E-state index in [-0.39, 0.29) is 4.90 Å². The lowest BCUT2D eigenvalue weighted by Crippen LogP contribution is -1.97. The van der Waals surface area contributed by atoms with Crippen molar-refractivity contribution >= 4 is 38.3 Å². The summed E-state index contributed by atoms with van der Waals surface area (Å²) in [5.41, 5.74) is 8.99. The first kappa shape index (κ1) is 13.5. The zero-order valence-electron chi connectivity index (χ0n) is 10.1. The van der Waals surface area contributed by atoms with E-state index in [1.165, 1.54) is 29.7 Å². The lowest BCUT2D eigenvalue weighted by Gasteiger charge is -1.98. The van der Waals surface area contributed by atoms with Crippen molar-refractivity contribution in [3.63, 3.8) is 0 Å². The number of hydrazone groups is 1. The van der Waals surface area contributed by atoms with Crippen LogP contribution in [0.15, 0.2) is 39.6 Å². The summed E-state index contributed by atoms with van der Waals surface area (Å²) in [4.78, 5) is 4.26. The largest absolute Gasteiger partial charge is 0.383 e. The number of nitrogens with zero attached hydrogens (tertiary/aromatic N) is 2. The fourth-order valence-electron chi connectivity index (χ4n) is 1.30. The average Bonchev–Trinajstić information content (AvgIpc) is 2.75. The van der Waals surface area contributed by atoms with Crippen LogP contribution in [0.1, 0.15) is 5.56 Å². The number of sulfone groups is 1. The molecule has 0 unspecified atom stereocenters. The highest BCUT2D eigenvalue weighted by molar-refractivity contribution is 7.90. The number of nitrogens with two attached hydrogens (primary N) is 1. The van der Waals surface area contributed by atoms with E-state index in [9.17, 15) is 8.42 Å².